The molecule has 10 atom stereocenters. The van der Waals surface area contributed by atoms with Gasteiger partial charge in [-0.2, -0.15) is 0 Å². The van der Waals surface area contributed by atoms with Crippen molar-refractivity contribution in [3.05, 3.63) is 23.3 Å². The first-order chi connectivity index (χ1) is 27.9. The van der Waals surface area contributed by atoms with E-state index in [0.29, 0.717) is 94.7 Å². The lowest BCUT2D eigenvalue weighted by Crippen LogP contribution is -2.65. The van der Waals surface area contributed by atoms with Crippen molar-refractivity contribution in [2.24, 2.45) is 17.3 Å². The molecule has 1 aromatic rings. The normalized spacial score (nSPS) is 35.2. The Morgan fingerprint density at radius 1 is 1.00 bits per heavy atom. The zero-order valence-electron chi connectivity index (χ0n) is 34.7. The summed E-state index contributed by atoms with van der Waals surface area (Å²) in [6, 6.07) is 3.64. The maximum absolute atomic E-state index is 15.2. The fourth-order valence-electron chi connectivity index (χ4n) is 11.6. The van der Waals surface area contributed by atoms with E-state index in [1.54, 1.807) is 27.7 Å². The van der Waals surface area contributed by atoms with Gasteiger partial charge in [-0.25, -0.2) is 4.79 Å². The van der Waals surface area contributed by atoms with Crippen LogP contribution in [0.2, 0.25) is 0 Å². The van der Waals surface area contributed by atoms with E-state index < -0.39 is 40.8 Å². The van der Waals surface area contributed by atoms with Crippen LogP contribution in [0, 0.1) is 17.3 Å². The second kappa shape index (κ2) is 18.8. The van der Waals surface area contributed by atoms with Gasteiger partial charge in [0.15, 0.2) is 11.5 Å². The molecule has 4 fully saturated rings. The number of aliphatic hydroxyl groups is 2. The number of piperidine rings is 2. The van der Waals surface area contributed by atoms with E-state index >= 15 is 4.79 Å². The van der Waals surface area contributed by atoms with Crippen LogP contribution in [0.1, 0.15) is 140 Å². The number of amides is 1. The Balaban J connectivity index is 1.31. The summed E-state index contributed by atoms with van der Waals surface area (Å²) in [4.78, 5) is 41.4. The Morgan fingerprint density at radius 3 is 2.59 bits per heavy atom. The van der Waals surface area contributed by atoms with E-state index in [1.807, 2.05) is 20.0 Å². The third-order valence-corrected chi connectivity index (χ3v) is 17.5. The molecule has 0 radical (unpaired) electrons. The summed E-state index contributed by atoms with van der Waals surface area (Å²) in [5.74, 6) is 0.960. The number of esters is 2. The van der Waals surface area contributed by atoms with Gasteiger partial charge in [0.2, 0.25) is 5.91 Å². The SMILES string of the molecule is CNC1CSSCC(C)(O)CCC(C(CC(OC(=O)C23CCCCC2CCC(=O)N3)C2(C3CCC4CCOc5c(O)ccc3c54)CCNCC2)OC(C)=O)CCC1O. The van der Waals surface area contributed by atoms with E-state index in [1.165, 1.54) is 6.92 Å². The number of phenolic OH excluding ortho intramolecular Hbond substituents is 1. The summed E-state index contributed by atoms with van der Waals surface area (Å²) in [6.07, 6.45) is 8.66. The number of carbonyl (C=O) groups excluding carboxylic acids is 3. The topological polar surface area (TPSA) is 176 Å². The van der Waals surface area contributed by atoms with Gasteiger partial charge in [-0.3, -0.25) is 9.59 Å². The molecule has 0 bridgehead atoms. The molecule has 10 unspecified atom stereocenters. The predicted molar refractivity (Wildman–Crippen MR) is 226 cm³/mol. The van der Waals surface area contributed by atoms with Crippen LogP contribution in [0.4, 0.5) is 0 Å². The molecule has 14 heteroatoms. The molecule has 4 aliphatic heterocycles. The van der Waals surface area contributed by atoms with Gasteiger partial charge in [0, 0.05) is 48.3 Å². The smallest absolute Gasteiger partial charge is 0.332 e. The Morgan fingerprint density at radius 2 is 1.81 bits per heavy atom. The molecule has 0 aromatic heterocycles. The Labute approximate surface area is 352 Å². The largest absolute Gasteiger partial charge is 0.504 e. The lowest BCUT2D eigenvalue weighted by Gasteiger charge is -2.53. The van der Waals surface area contributed by atoms with Crippen LogP contribution in [-0.4, -0.2) is 107 Å². The lowest BCUT2D eigenvalue weighted by atomic mass is 9.57. The van der Waals surface area contributed by atoms with Crippen molar-refractivity contribution in [3.8, 4) is 11.5 Å². The van der Waals surface area contributed by atoms with Crippen molar-refractivity contribution in [3.63, 3.8) is 0 Å². The minimum atomic E-state index is -1.10. The van der Waals surface area contributed by atoms with Crippen LogP contribution >= 0.6 is 21.6 Å². The summed E-state index contributed by atoms with van der Waals surface area (Å²) < 4.78 is 19.6. The number of aliphatic hydroxyl groups excluding tert-OH is 1. The van der Waals surface area contributed by atoms with Crippen LogP contribution in [0.25, 0.3) is 0 Å². The molecule has 6 N–H and O–H groups in total. The molecule has 6 aliphatic rings. The zero-order valence-corrected chi connectivity index (χ0v) is 36.4. The first-order valence-corrected chi connectivity index (χ1v) is 24.6. The highest BCUT2D eigenvalue weighted by molar-refractivity contribution is 8.76. The number of likely N-dealkylation sites (N-methyl/N-ethyl adjacent to an activating group) is 1. The van der Waals surface area contributed by atoms with Gasteiger partial charge < -0.3 is 45.5 Å². The summed E-state index contributed by atoms with van der Waals surface area (Å²) in [7, 11) is 5.11. The number of fused-ring (bicyclic) bond motifs is 1. The summed E-state index contributed by atoms with van der Waals surface area (Å²) in [5, 5.41) is 44.0. The summed E-state index contributed by atoms with van der Waals surface area (Å²) in [5.41, 5.74) is -0.438. The van der Waals surface area contributed by atoms with Crippen molar-refractivity contribution < 1.29 is 43.9 Å². The predicted octanol–water partition coefficient (Wildman–Crippen LogP) is 5.85. The molecule has 58 heavy (non-hydrogen) atoms. The molecular formula is C44H67N3O9S2. The van der Waals surface area contributed by atoms with Gasteiger partial charge in [0.25, 0.3) is 0 Å². The highest BCUT2D eigenvalue weighted by atomic mass is 33.1. The highest BCUT2D eigenvalue weighted by Crippen LogP contribution is 2.59. The third-order valence-electron chi connectivity index (χ3n) is 14.9. The number of rotatable bonds is 9. The summed E-state index contributed by atoms with van der Waals surface area (Å²) >= 11 is 0. The van der Waals surface area contributed by atoms with Gasteiger partial charge in [-0.05, 0) is 139 Å². The molecule has 1 saturated carbocycles. The maximum Gasteiger partial charge on any atom is 0.332 e. The number of ether oxygens (including phenoxy) is 3. The van der Waals surface area contributed by atoms with Crippen LogP contribution in [-0.2, 0) is 23.9 Å². The molecule has 2 aliphatic carbocycles. The number of hydrogen-bond acceptors (Lipinski definition) is 13. The average molecular weight is 846 g/mol. The fraction of sp³-hybridized carbons (Fsp3) is 0.795. The van der Waals surface area contributed by atoms with Gasteiger partial charge in [-0.15, -0.1) is 0 Å². The second-order valence-corrected chi connectivity index (χ2v) is 21.0. The first kappa shape index (κ1) is 43.8. The van der Waals surface area contributed by atoms with Gasteiger partial charge in [0.05, 0.1) is 18.3 Å². The molecule has 4 heterocycles. The number of nitrogens with one attached hydrogen (secondary N) is 3. The van der Waals surface area contributed by atoms with Crippen LogP contribution in [0.15, 0.2) is 12.1 Å². The number of benzene rings is 1. The molecule has 7 rings (SSSR count). The van der Waals surface area contributed by atoms with Crippen molar-refractivity contribution >= 4 is 39.4 Å². The minimum absolute atomic E-state index is 0.0109. The van der Waals surface area contributed by atoms with Crippen LogP contribution < -0.4 is 20.7 Å². The van der Waals surface area contributed by atoms with Crippen LogP contribution in [0.3, 0.4) is 0 Å². The lowest BCUT2D eigenvalue weighted by molar-refractivity contribution is -0.182. The maximum atomic E-state index is 15.2. The number of aromatic hydroxyl groups is 1. The van der Waals surface area contributed by atoms with E-state index in [4.69, 9.17) is 14.2 Å². The quantitative estimate of drug-likeness (QED) is 0.129. The molecule has 3 saturated heterocycles. The summed E-state index contributed by atoms with van der Waals surface area (Å²) in [6.45, 7) is 5.27. The highest BCUT2D eigenvalue weighted by Gasteiger charge is 2.57. The fourth-order valence-corrected chi connectivity index (χ4v) is 14.5. The van der Waals surface area contributed by atoms with Crippen molar-refractivity contribution in [2.75, 3.05) is 38.2 Å². The van der Waals surface area contributed by atoms with Crippen molar-refractivity contribution in [1.82, 2.24) is 16.0 Å². The molecular weight excluding hydrogens is 779 g/mol. The standard InChI is InChI=1S/C44H67N3O9S2/c1-27(48)55-36(28-8-12-34(49)33(45-3)25-57-58-26-42(2,53)18-15-28)24-37(56-41(52)44-17-5-4-6-30(44)9-14-38(51)47-44)43(19-21-46-22-20-43)32-11-7-29-16-23-54-40-35(50)13-10-31(32)39(29)40/h10,13,28-30,32-34,36-37,45-46,49-50,53H,4-9,11-12,14-26H2,1-3H3,(H,47,51). The van der Waals surface area contributed by atoms with E-state index in [9.17, 15) is 24.9 Å². The first-order valence-electron chi connectivity index (χ1n) is 22.1. The monoisotopic (exact) mass is 845 g/mol. The Kier molecular flexibility index (Phi) is 14.2. The Hall–Kier alpha value is -2.23. The molecule has 1 aromatic carbocycles. The zero-order chi connectivity index (χ0) is 41.1. The van der Waals surface area contributed by atoms with Crippen molar-refractivity contribution in [2.45, 2.75) is 164 Å². The minimum Gasteiger partial charge on any atom is -0.504 e. The van der Waals surface area contributed by atoms with E-state index in [0.717, 1.165) is 49.7 Å². The van der Waals surface area contributed by atoms with Gasteiger partial charge in [0.1, 0.15) is 17.7 Å². The van der Waals surface area contributed by atoms with Gasteiger partial charge >= 0.3 is 11.9 Å². The van der Waals surface area contributed by atoms with Crippen molar-refractivity contribution in [1.29, 1.82) is 0 Å². The second-order valence-electron chi connectivity index (χ2n) is 18.5. The molecule has 0 spiro atoms. The van der Waals surface area contributed by atoms with E-state index in [2.05, 4.69) is 16.0 Å². The molecule has 1 amide bonds. The van der Waals surface area contributed by atoms with E-state index in [-0.39, 0.29) is 53.8 Å². The van der Waals surface area contributed by atoms with Crippen LogP contribution in [0.5, 0.6) is 11.5 Å². The number of hydrogen-bond donors (Lipinski definition) is 6. The van der Waals surface area contributed by atoms with Gasteiger partial charge in [-0.1, -0.05) is 40.5 Å². The third kappa shape index (κ3) is 9.32. The Bertz CT molecular complexity index is 1620. The number of carbonyl (C=O) groups is 3. The number of phenols is 1. The average Bonchev–Trinajstić information content (AvgIpc) is 3.21. The molecule has 12 nitrogen and oxygen atoms in total. The molecule has 324 valence electrons.